The third-order valence-corrected chi connectivity index (χ3v) is 9.30. The average molecular weight is 385 g/mol. The molecule has 3 atom stereocenters. The van der Waals surface area contributed by atoms with Crippen LogP contribution >= 0.6 is 0 Å². The molecule has 0 fully saturated rings. The Morgan fingerprint density at radius 1 is 1.23 bits per heavy atom. The second-order valence-electron chi connectivity index (χ2n) is 8.63. The van der Waals surface area contributed by atoms with E-state index in [2.05, 4.69) is 72.6 Å². The Bertz CT molecular complexity index is 478. The largest absolute Gasteiger partial charge is 0.413 e. The summed E-state index contributed by atoms with van der Waals surface area (Å²) in [7, 11) is -0.216. The van der Waals surface area contributed by atoms with E-state index in [1.54, 1.807) is 7.11 Å². The van der Waals surface area contributed by atoms with Gasteiger partial charge >= 0.3 is 0 Å². The lowest BCUT2D eigenvalue weighted by Crippen LogP contribution is -2.43. The van der Waals surface area contributed by atoms with Gasteiger partial charge in [-0.25, -0.2) is 0 Å². The minimum atomic E-state index is -1.79. The lowest BCUT2D eigenvalue weighted by atomic mass is 10.1. The molecule has 0 aliphatic rings. The molecule has 4 nitrogen and oxygen atoms in total. The van der Waals surface area contributed by atoms with Crippen LogP contribution in [0.3, 0.4) is 0 Å². The standard InChI is InChI=1S/C21H40O4Si/c1-17(2)12-10-15-20(24-16-23-7)19(22)14-11-13-18(3)25-26(8,9)21(4,5)6/h12,18-20,22H,10,13,15-16H2,1-9H3/t18-,19?,20-/m0/s1. The van der Waals surface area contributed by atoms with E-state index in [4.69, 9.17) is 13.9 Å². The van der Waals surface area contributed by atoms with Crippen molar-refractivity contribution in [1.29, 1.82) is 0 Å². The molecule has 5 heteroatoms. The van der Waals surface area contributed by atoms with Gasteiger partial charge in [0.2, 0.25) is 0 Å². The number of aliphatic hydroxyl groups excluding tert-OH is 1. The molecule has 1 N–H and O–H groups in total. The minimum Gasteiger partial charge on any atom is -0.413 e. The Kier molecular flexibility index (Phi) is 11.6. The summed E-state index contributed by atoms with van der Waals surface area (Å²) in [6.07, 6.45) is 3.18. The van der Waals surface area contributed by atoms with Crippen molar-refractivity contribution in [3.05, 3.63) is 11.6 Å². The Morgan fingerprint density at radius 3 is 2.35 bits per heavy atom. The van der Waals surface area contributed by atoms with Gasteiger partial charge in [0.05, 0.1) is 12.2 Å². The van der Waals surface area contributed by atoms with Gasteiger partial charge in [0.15, 0.2) is 8.32 Å². The summed E-state index contributed by atoms with van der Waals surface area (Å²) in [5, 5.41) is 10.5. The topological polar surface area (TPSA) is 47.9 Å². The van der Waals surface area contributed by atoms with E-state index < -0.39 is 14.4 Å². The molecule has 0 bridgehead atoms. The van der Waals surface area contributed by atoms with E-state index in [1.165, 1.54) is 5.57 Å². The van der Waals surface area contributed by atoms with Crippen LogP contribution in [-0.4, -0.2) is 45.6 Å². The number of rotatable bonds is 10. The highest BCUT2D eigenvalue weighted by atomic mass is 28.4. The maximum Gasteiger partial charge on any atom is 0.192 e. The summed E-state index contributed by atoms with van der Waals surface area (Å²) in [6, 6.07) is 0. The SMILES string of the molecule is COCO[C@@H](CCC=C(C)C)C(O)C#CC[C@H](C)O[Si](C)(C)C(C)(C)C. The van der Waals surface area contributed by atoms with Crippen molar-refractivity contribution >= 4 is 8.32 Å². The number of aliphatic hydroxyl groups is 1. The quantitative estimate of drug-likeness (QED) is 0.252. The van der Waals surface area contributed by atoms with E-state index in [0.29, 0.717) is 12.8 Å². The van der Waals surface area contributed by atoms with E-state index in [-0.39, 0.29) is 24.0 Å². The number of hydrogen-bond acceptors (Lipinski definition) is 4. The molecular weight excluding hydrogens is 344 g/mol. The van der Waals surface area contributed by atoms with Gasteiger partial charge in [-0.3, -0.25) is 0 Å². The smallest absolute Gasteiger partial charge is 0.192 e. The predicted octanol–water partition coefficient (Wildman–Crippen LogP) is 4.89. The van der Waals surface area contributed by atoms with Crippen LogP contribution in [0.5, 0.6) is 0 Å². The lowest BCUT2D eigenvalue weighted by Gasteiger charge is -2.38. The molecule has 0 rings (SSSR count). The van der Waals surface area contributed by atoms with Crippen LogP contribution in [0.25, 0.3) is 0 Å². The van der Waals surface area contributed by atoms with Gasteiger partial charge < -0.3 is 19.0 Å². The second kappa shape index (κ2) is 11.9. The van der Waals surface area contributed by atoms with Crippen molar-refractivity contribution in [2.45, 2.75) is 97.2 Å². The van der Waals surface area contributed by atoms with Crippen LogP contribution in [0.4, 0.5) is 0 Å². The van der Waals surface area contributed by atoms with Crippen LogP contribution in [0.15, 0.2) is 11.6 Å². The van der Waals surface area contributed by atoms with Crippen LogP contribution in [0, 0.1) is 11.8 Å². The van der Waals surface area contributed by atoms with Crippen molar-refractivity contribution in [1.82, 2.24) is 0 Å². The molecule has 152 valence electrons. The van der Waals surface area contributed by atoms with E-state index in [0.717, 1.165) is 6.42 Å². The first-order valence-corrected chi connectivity index (χ1v) is 12.4. The van der Waals surface area contributed by atoms with Gasteiger partial charge in [-0.15, -0.1) is 0 Å². The number of methoxy groups -OCH3 is 1. The monoisotopic (exact) mass is 384 g/mol. The molecule has 0 saturated heterocycles. The third-order valence-electron chi connectivity index (χ3n) is 4.70. The van der Waals surface area contributed by atoms with Crippen LogP contribution < -0.4 is 0 Å². The van der Waals surface area contributed by atoms with E-state index >= 15 is 0 Å². The maximum atomic E-state index is 10.4. The molecule has 0 spiro atoms. The van der Waals surface area contributed by atoms with Gasteiger partial charge in [-0.05, 0) is 51.7 Å². The normalized spacial score (nSPS) is 15.6. The highest BCUT2D eigenvalue weighted by molar-refractivity contribution is 6.74. The van der Waals surface area contributed by atoms with E-state index in [9.17, 15) is 5.11 Å². The van der Waals surface area contributed by atoms with Crippen molar-refractivity contribution in [2.24, 2.45) is 0 Å². The first-order valence-electron chi connectivity index (χ1n) is 9.49. The molecule has 1 unspecified atom stereocenters. The fraction of sp³-hybridized carbons (Fsp3) is 0.810. The van der Waals surface area contributed by atoms with Gasteiger partial charge in [0.1, 0.15) is 12.9 Å². The summed E-state index contributed by atoms with van der Waals surface area (Å²) >= 11 is 0. The first-order chi connectivity index (χ1) is 11.9. The minimum absolute atomic E-state index is 0.0552. The van der Waals surface area contributed by atoms with Crippen molar-refractivity contribution in [2.75, 3.05) is 13.9 Å². The molecule has 0 aromatic carbocycles. The lowest BCUT2D eigenvalue weighted by molar-refractivity contribution is -0.102. The molecule has 0 saturated carbocycles. The molecule has 0 aliphatic carbocycles. The number of ether oxygens (including phenoxy) is 2. The van der Waals surface area contributed by atoms with Gasteiger partial charge in [0, 0.05) is 13.5 Å². The Balaban J connectivity index is 4.68. The Hall–Kier alpha value is -0.643. The van der Waals surface area contributed by atoms with Gasteiger partial charge in [-0.2, -0.15) is 0 Å². The highest BCUT2D eigenvalue weighted by Crippen LogP contribution is 2.37. The molecule has 0 aromatic heterocycles. The molecule has 0 radical (unpaired) electrons. The van der Waals surface area contributed by atoms with Crippen LogP contribution in [0.1, 0.15) is 60.8 Å². The van der Waals surface area contributed by atoms with Crippen molar-refractivity contribution in [3.8, 4) is 11.8 Å². The molecule has 0 aromatic rings. The van der Waals surface area contributed by atoms with Crippen LogP contribution in [0.2, 0.25) is 18.1 Å². The fourth-order valence-electron chi connectivity index (χ4n) is 2.15. The summed E-state index contributed by atoms with van der Waals surface area (Å²) in [4.78, 5) is 0. The number of allylic oxidation sites excluding steroid dienone is 2. The third kappa shape index (κ3) is 10.5. The average Bonchev–Trinajstić information content (AvgIpc) is 2.48. The zero-order valence-electron chi connectivity index (χ0n) is 18.3. The highest BCUT2D eigenvalue weighted by Gasteiger charge is 2.38. The van der Waals surface area contributed by atoms with E-state index in [1.807, 2.05) is 0 Å². The molecule has 0 heterocycles. The summed E-state index contributed by atoms with van der Waals surface area (Å²) in [6.45, 7) is 17.5. The molecule has 0 aliphatic heterocycles. The first kappa shape index (κ1) is 25.4. The summed E-state index contributed by atoms with van der Waals surface area (Å²) < 4.78 is 16.9. The summed E-state index contributed by atoms with van der Waals surface area (Å²) in [5.74, 6) is 6.00. The zero-order chi connectivity index (χ0) is 20.4. The Labute approximate surface area is 162 Å². The van der Waals surface area contributed by atoms with Crippen molar-refractivity contribution < 1.29 is 19.0 Å². The maximum absolute atomic E-state index is 10.4. The molecular formula is C21H40O4Si. The van der Waals surface area contributed by atoms with Gasteiger partial charge in [0.25, 0.3) is 0 Å². The second-order valence-corrected chi connectivity index (χ2v) is 13.4. The predicted molar refractivity (Wildman–Crippen MR) is 112 cm³/mol. The van der Waals surface area contributed by atoms with Crippen molar-refractivity contribution in [3.63, 3.8) is 0 Å². The molecule has 26 heavy (non-hydrogen) atoms. The number of hydrogen-bond donors (Lipinski definition) is 1. The van der Waals surface area contributed by atoms with Gasteiger partial charge in [-0.1, -0.05) is 44.3 Å². The zero-order valence-corrected chi connectivity index (χ0v) is 19.3. The summed E-state index contributed by atoms with van der Waals surface area (Å²) in [5.41, 5.74) is 1.26. The Morgan fingerprint density at radius 2 is 1.85 bits per heavy atom. The van der Waals surface area contributed by atoms with Crippen LogP contribution in [-0.2, 0) is 13.9 Å². The molecule has 0 amide bonds. The fourth-order valence-corrected chi connectivity index (χ4v) is 3.59.